The number of nitrogens with one attached hydrogen (secondary N) is 1. The predicted octanol–water partition coefficient (Wildman–Crippen LogP) is 2.61. The van der Waals surface area contributed by atoms with E-state index < -0.39 is 42.0 Å². The fourth-order valence-corrected chi connectivity index (χ4v) is 2.40. The first-order valence-corrected chi connectivity index (χ1v) is 10.5. The van der Waals surface area contributed by atoms with Crippen molar-refractivity contribution < 1.29 is 47.6 Å². The van der Waals surface area contributed by atoms with E-state index >= 15 is 0 Å². The molecule has 0 fully saturated rings. The summed E-state index contributed by atoms with van der Waals surface area (Å²) in [6.45, 7) is 9.20. The molecule has 0 unspecified atom stereocenters. The molecule has 0 saturated heterocycles. The molecule has 12 nitrogen and oxygen atoms in total. The van der Waals surface area contributed by atoms with Gasteiger partial charge in [0.1, 0.15) is 5.54 Å². The maximum absolute atomic E-state index is 12.6. The van der Waals surface area contributed by atoms with Crippen LogP contribution in [0.4, 0.5) is 9.59 Å². The topological polar surface area (TPSA) is 162 Å². The number of hydrazine groups is 1. The Morgan fingerprint density at radius 2 is 1.35 bits per heavy atom. The van der Waals surface area contributed by atoms with Crippen molar-refractivity contribution in [2.24, 2.45) is 11.3 Å². The number of ether oxygens (including phenoxy) is 6. The molecular weight excluding hydrogens is 452 g/mol. The maximum atomic E-state index is 12.6. The SMILES string of the molecule is CCOC(=O)Oc1ccc(C[C@](C)(NN)C(=O)OCOC(=O)C(C)(C)C)cc1OC(=O)OCC. The molecule has 190 valence electrons. The summed E-state index contributed by atoms with van der Waals surface area (Å²) in [5.41, 5.74) is 0.639. The molecule has 12 heteroatoms. The summed E-state index contributed by atoms with van der Waals surface area (Å²) in [6, 6.07) is 4.25. The Labute approximate surface area is 197 Å². The van der Waals surface area contributed by atoms with Crippen LogP contribution in [0.1, 0.15) is 47.1 Å². The Hall–Kier alpha value is -3.38. The van der Waals surface area contributed by atoms with E-state index in [1.54, 1.807) is 34.6 Å². The second kappa shape index (κ2) is 12.8. The van der Waals surface area contributed by atoms with Gasteiger partial charge >= 0.3 is 24.2 Å². The first-order chi connectivity index (χ1) is 15.9. The number of esters is 2. The number of hydrogen-bond acceptors (Lipinski definition) is 12. The molecule has 1 aromatic rings. The lowest BCUT2D eigenvalue weighted by Crippen LogP contribution is -2.55. The van der Waals surface area contributed by atoms with E-state index in [1.165, 1.54) is 25.1 Å². The number of carbonyl (C=O) groups excluding carboxylic acids is 4. The van der Waals surface area contributed by atoms with E-state index in [2.05, 4.69) is 5.43 Å². The van der Waals surface area contributed by atoms with Crippen molar-refractivity contribution >= 4 is 24.2 Å². The zero-order valence-corrected chi connectivity index (χ0v) is 20.2. The molecule has 0 radical (unpaired) electrons. The van der Waals surface area contributed by atoms with Crippen LogP contribution in [0.3, 0.4) is 0 Å². The van der Waals surface area contributed by atoms with Gasteiger partial charge in [0, 0.05) is 6.42 Å². The summed E-state index contributed by atoms with van der Waals surface area (Å²) in [5.74, 6) is 4.01. The van der Waals surface area contributed by atoms with Crippen molar-refractivity contribution in [3.63, 3.8) is 0 Å². The molecule has 0 bridgehead atoms. The minimum absolute atomic E-state index is 0.0333. The Kier molecular flexibility index (Phi) is 10.7. The lowest BCUT2D eigenvalue weighted by molar-refractivity contribution is -0.176. The summed E-state index contributed by atoms with van der Waals surface area (Å²) in [6.07, 6.45) is -2.05. The largest absolute Gasteiger partial charge is 0.513 e. The summed E-state index contributed by atoms with van der Waals surface area (Å²) in [4.78, 5) is 48.0. The monoisotopic (exact) mass is 484 g/mol. The van der Waals surface area contributed by atoms with Gasteiger partial charge in [-0.2, -0.15) is 0 Å². The Balaban J connectivity index is 3.03. The van der Waals surface area contributed by atoms with Crippen LogP contribution in [-0.2, 0) is 35.0 Å². The molecule has 1 atom stereocenters. The van der Waals surface area contributed by atoms with Gasteiger partial charge in [-0.3, -0.25) is 10.6 Å². The highest BCUT2D eigenvalue weighted by Crippen LogP contribution is 2.31. The molecule has 0 aromatic heterocycles. The number of hydrogen-bond donors (Lipinski definition) is 2. The molecule has 34 heavy (non-hydrogen) atoms. The summed E-state index contributed by atoms with van der Waals surface area (Å²) >= 11 is 0. The van der Waals surface area contributed by atoms with Gasteiger partial charge in [-0.15, -0.1) is 0 Å². The second-order valence-electron chi connectivity index (χ2n) is 8.24. The van der Waals surface area contributed by atoms with Gasteiger partial charge < -0.3 is 28.4 Å². The molecule has 0 aliphatic carbocycles. The van der Waals surface area contributed by atoms with Crippen LogP contribution in [-0.4, -0.2) is 49.8 Å². The second-order valence-corrected chi connectivity index (χ2v) is 8.24. The third kappa shape index (κ3) is 8.87. The molecule has 3 N–H and O–H groups in total. The fraction of sp³-hybridized carbons (Fsp3) is 0.545. The van der Waals surface area contributed by atoms with E-state index in [0.29, 0.717) is 5.56 Å². The van der Waals surface area contributed by atoms with E-state index in [9.17, 15) is 19.2 Å². The average molecular weight is 485 g/mol. The molecule has 0 spiro atoms. The lowest BCUT2D eigenvalue weighted by atomic mass is 9.93. The summed E-state index contributed by atoms with van der Waals surface area (Å²) in [5, 5.41) is 0. The average Bonchev–Trinajstić information content (AvgIpc) is 2.74. The van der Waals surface area contributed by atoms with Crippen LogP contribution in [0.15, 0.2) is 18.2 Å². The van der Waals surface area contributed by atoms with Gasteiger partial charge in [0.25, 0.3) is 0 Å². The van der Waals surface area contributed by atoms with Crippen molar-refractivity contribution in [3.8, 4) is 11.5 Å². The quantitative estimate of drug-likeness (QED) is 0.125. The first kappa shape index (κ1) is 28.7. The van der Waals surface area contributed by atoms with Gasteiger partial charge in [-0.25, -0.2) is 19.8 Å². The highest BCUT2D eigenvalue weighted by molar-refractivity contribution is 5.81. The summed E-state index contributed by atoms with van der Waals surface area (Å²) < 4.78 is 29.7. The molecule has 1 rings (SSSR count). The number of nitrogens with two attached hydrogens (primary N) is 1. The molecule has 0 aliphatic rings. The highest BCUT2D eigenvalue weighted by atomic mass is 16.7. The molecule has 0 heterocycles. The van der Waals surface area contributed by atoms with Gasteiger partial charge in [0.2, 0.25) is 6.79 Å². The Bertz CT molecular complexity index is 881. The molecule has 1 aromatic carbocycles. The normalized spacial score (nSPS) is 12.7. The third-order valence-corrected chi connectivity index (χ3v) is 4.24. The third-order valence-electron chi connectivity index (χ3n) is 4.24. The van der Waals surface area contributed by atoms with E-state index in [-0.39, 0.29) is 31.1 Å². The van der Waals surface area contributed by atoms with Crippen LogP contribution >= 0.6 is 0 Å². The summed E-state index contributed by atoms with van der Waals surface area (Å²) in [7, 11) is 0. The van der Waals surface area contributed by atoms with Gasteiger partial charge in [-0.05, 0) is 59.2 Å². The van der Waals surface area contributed by atoms with Crippen molar-refractivity contribution in [3.05, 3.63) is 23.8 Å². The Morgan fingerprint density at radius 3 is 1.85 bits per heavy atom. The van der Waals surface area contributed by atoms with Crippen LogP contribution in [0.5, 0.6) is 11.5 Å². The predicted molar refractivity (Wildman–Crippen MR) is 118 cm³/mol. The van der Waals surface area contributed by atoms with E-state index in [0.717, 1.165) is 0 Å². The Morgan fingerprint density at radius 1 is 0.824 bits per heavy atom. The van der Waals surface area contributed by atoms with Gasteiger partial charge in [-0.1, -0.05) is 6.07 Å². The zero-order valence-electron chi connectivity index (χ0n) is 20.2. The smallest absolute Gasteiger partial charge is 0.434 e. The van der Waals surface area contributed by atoms with Crippen LogP contribution < -0.4 is 20.7 Å². The fourth-order valence-electron chi connectivity index (χ4n) is 2.40. The van der Waals surface area contributed by atoms with Crippen molar-refractivity contribution in [2.45, 2.75) is 53.5 Å². The van der Waals surface area contributed by atoms with Crippen molar-refractivity contribution in [2.75, 3.05) is 20.0 Å². The minimum Gasteiger partial charge on any atom is -0.434 e. The zero-order chi connectivity index (χ0) is 25.9. The molecule has 0 saturated carbocycles. The minimum atomic E-state index is -1.45. The number of rotatable bonds is 10. The van der Waals surface area contributed by atoms with Crippen molar-refractivity contribution in [1.29, 1.82) is 0 Å². The standard InChI is InChI=1S/C22H32N2O10/c1-7-29-19(27)33-15-10-9-14(11-16(15)34-20(28)30-8-2)12-22(6,24-23)18(26)32-13-31-17(25)21(3,4)5/h9-11,24H,7-8,12-13,23H2,1-6H3/t22-/m0/s1. The molecule has 0 amide bonds. The number of carbonyl (C=O) groups is 4. The maximum Gasteiger partial charge on any atom is 0.513 e. The van der Waals surface area contributed by atoms with Crippen LogP contribution in [0.2, 0.25) is 0 Å². The lowest BCUT2D eigenvalue weighted by Gasteiger charge is -2.27. The van der Waals surface area contributed by atoms with Crippen LogP contribution in [0.25, 0.3) is 0 Å². The van der Waals surface area contributed by atoms with Gasteiger partial charge in [0.15, 0.2) is 11.5 Å². The molecule has 0 aliphatic heterocycles. The van der Waals surface area contributed by atoms with Gasteiger partial charge in [0.05, 0.1) is 18.6 Å². The van der Waals surface area contributed by atoms with E-state index in [4.69, 9.17) is 34.3 Å². The van der Waals surface area contributed by atoms with E-state index in [1.807, 2.05) is 0 Å². The van der Waals surface area contributed by atoms with Crippen LogP contribution in [0, 0.1) is 5.41 Å². The first-order valence-electron chi connectivity index (χ1n) is 10.5. The highest BCUT2D eigenvalue weighted by Gasteiger charge is 2.35. The molecular formula is C22H32N2O10. The van der Waals surface area contributed by atoms with Crippen molar-refractivity contribution in [1.82, 2.24) is 5.43 Å². The number of benzene rings is 1.